The fraction of sp³-hybridized carbons (Fsp3) is 0.0526. The van der Waals surface area contributed by atoms with E-state index in [2.05, 4.69) is 0 Å². The van der Waals surface area contributed by atoms with Gasteiger partial charge in [0.25, 0.3) is 10.0 Å². The summed E-state index contributed by atoms with van der Waals surface area (Å²) in [7, 11) is -3.73. The molecule has 0 saturated carbocycles. The zero-order valence-electron chi connectivity index (χ0n) is 13.2. The summed E-state index contributed by atoms with van der Waals surface area (Å²) in [6.45, 7) is -0.207. The van der Waals surface area contributed by atoms with E-state index in [0.29, 0.717) is 22.6 Å². The predicted octanol–water partition coefficient (Wildman–Crippen LogP) is 3.63. The van der Waals surface area contributed by atoms with E-state index in [4.69, 9.17) is 4.42 Å². The fourth-order valence-corrected chi connectivity index (χ4v) is 4.25. The highest BCUT2D eigenvalue weighted by Gasteiger charge is 2.22. The maximum Gasteiger partial charge on any atom is 0.268 e. The van der Waals surface area contributed by atoms with Crippen LogP contribution in [0.15, 0.2) is 82.2 Å². The zero-order chi connectivity index (χ0) is 17.4. The number of hydrogen-bond acceptors (Lipinski definition) is 4. The molecule has 0 fully saturated rings. The molecule has 0 saturated heterocycles. The minimum atomic E-state index is -3.73. The van der Waals surface area contributed by atoms with E-state index in [1.54, 1.807) is 60.8 Å². The average Bonchev–Trinajstić information content (AvgIpc) is 3.27. The second kappa shape index (κ2) is 5.91. The normalized spacial score (nSPS) is 11.9. The molecule has 25 heavy (non-hydrogen) atoms. The van der Waals surface area contributed by atoms with Gasteiger partial charge < -0.3 is 9.52 Å². The molecule has 0 aliphatic heterocycles. The minimum Gasteiger partial charge on any atom is -0.459 e. The smallest absolute Gasteiger partial charge is 0.268 e. The lowest BCUT2D eigenvalue weighted by Gasteiger charge is -2.07. The Labute approximate surface area is 144 Å². The van der Waals surface area contributed by atoms with Gasteiger partial charge in [-0.3, -0.25) is 0 Å². The van der Waals surface area contributed by atoms with Gasteiger partial charge in [-0.25, -0.2) is 12.4 Å². The fourth-order valence-electron chi connectivity index (χ4n) is 2.86. The van der Waals surface area contributed by atoms with Crippen LogP contribution < -0.4 is 0 Å². The molecule has 0 radical (unpaired) electrons. The highest BCUT2D eigenvalue weighted by atomic mass is 32.2. The lowest BCUT2D eigenvalue weighted by molar-refractivity contribution is 0.248. The van der Waals surface area contributed by atoms with Crippen LogP contribution in [0.1, 0.15) is 5.76 Å². The van der Waals surface area contributed by atoms with E-state index in [0.717, 1.165) is 5.39 Å². The number of aromatic nitrogens is 1. The predicted molar refractivity (Wildman–Crippen MR) is 94.6 cm³/mol. The molecule has 0 atom stereocenters. The third kappa shape index (κ3) is 2.56. The Morgan fingerprint density at radius 2 is 1.64 bits per heavy atom. The molecule has 2 aromatic carbocycles. The van der Waals surface area contributed by atoms with Crippen LogP contribution in [0.3, 0.4) is 0 Å². The third-order valence-corrected chi connectivity index (χ3v) is 5.75. The number of para-hydroxylation sites is 1. The van der Waals surface area contributed by atoms with Crippen molar-refractivity contribution < 1.29 is 17.9 Å². The van der Waals surface area contributed by atoms with Crippen molar-refractivity contribution in [1.82, 2.24) is 3.97 Å². The number of nitrogens with zero attached hydrogens (tertiary/aromatic N) is 1. The first-order valence-electron chi connectivity index (χ1n) is 7.72. The molecule has 0 aliphatic carbocycles. The topological polar surface area (TPSA) is 72.4 Å². The second-order valence-electron chi connectivity index (χ2n) is 5.60. The van der Waals surface area contributed by atoms with Crippen molar-refractivity contribution >= 4 is 20.9 Å². The van der Waals surface area contributed by atoms with Crippen LogP contribution in [0.2, 0.25) is 0 Å². The Morgan fingerprint density at radius 3 is 2.36 bits per heavy atom. The van der Waals surface area contributed by atoms with E-state index < -0.39 is 10.0 Å². The van der Waals surface area contributed by atoms with E-state index in [1.807, 2.05) is 12.1 Å². The highest BCUT2D eigenvalue weighted by molar-refractivity contribution is 7.90. The highest BCUT2D eigenvalue weighted by Crippen LogP contribution is 2.33. The van der Waals surface area contributed by atoms with Crippen molar-refractivity contribution in [2.24, 2.45) is 0 Å². The number of furan rings is 1. The monoisotopic (exact) mass is 353 g/mol. The van der Waals surface area contributed by atoms with Crippen LogP contribution in [-0.2, 0) is 16.6 Å². The molecule has 0 aliphatic rings. The van der Waals surface area contributed by atoms with Gasteiger partial charge in [0.05, 0.1) is 10.4 Å². The summed E-state index contributed by atoms with van der Waals surface area (Å²) in [4.78, 5) is 0.220. The minimum absolute atomic E-state index is 0.207. The Morgan fingerprint density at radius 1 is 0.920 bits per heavy atom. The summed E-state index contributed by atoms with van der Waals surface area (Å²) in [5.41, 5.74) is 1.23. The molecule has 0 bridgehead atoms. The molecule has 5 nitrogen and oxygen atoms in total. The first kappa shape index (κ1) is 15.7. The van der Waals surface area contributed by atoms with Crippen molar-refractivity contribution in [2.45, 2.75) is 11.5 Å². The number of benzene rings is 2. The van der Waals surface area contributed by atoms with Crippen LogP contribution in [-0.4, -0.2) is 17.5 Å². The van der Waals surface area contributed by atoms with Gasteiger partial charge in [0.15, 0.2) is 0 Å². The van der Waals surface area contributed by atoms with Gasteiger partial charge in [-0.1, -0.05) is 36.4 Å². The van der Waals surface area contributed by atoms with Gasteiger partial charge in [-0.2, -0.15) is 0 Å². The van der Waals surface area contributed by atoms with Gasteiger partial charge in [-0.05, 0) is 30.3 Å². The van der Waals surface area contributed by atoms with Gasteiger partial charge in [0, 0.05) is 17.1 Å². The second-order valence-corrected chi connectivity index (χ2v) is 7.41. The maximum absolute atomic E-state index is 13.0. The molecule has 126 valence electrons. The zero-order valence-corrected chi connectivity index (χ0v) is 14.0. The van der Waals surface area contributed by atoms with E-state index >= 15 is 0 Å². The van der Waals surface area contributed by atoms with Gasteiger partial charge in [0.2, 0.25) is 0 Å². The van der Waals surface area contributed by atoms with Crippen LogP contribution in [0.25, 0.3) is 22.2 Å². The molecule has 0 unspecified atom stereocenters. The average molecular weight is 353 g/mol. The molecule has 1 N–H and O–H groups in total. The number of hydrogen-bond donors (Lipinski definition) is 1. The van der Waals surface area contributed by atoms with Gasteiger partial charge >= 0.3 is 0 Å². The van der Waals surface area contributed by atoms with Crippen molar-refractivity contribution in [2.75, 3.05) is 0 Å². The summed E-state index contributed by atoms with van der Waals surface area (Å²) in [6, 6.07) is 19.0. The van der Waals surface area contributed by atoms with Crippen molar-refractivity contribution in [3.05, 3.63) is 78.7 Å². The van der Waals surface area contributed by atoms with Crippen LogP contribution in [0.4, 0.5) is 0 Å². The number of fused-ring (bicyclic) bond motifs is 1. The van der Waals surface area contributed by atoms with Crippen LogP contribution in [0.5, 0.6) is 0 Å². The molecule has 0 spiro atoms. The standard InChI is InChI=1S/C19H15NO4S/c21-13-14-10-11-19(24-14)17-12-20(18-9-5-4-8-16(17)18)25(22,23)15-6-2-1-3-7-15/h1-12,21H,13H2. The number of rotatable bonds is 4. The molecule has 4 aromatic rings. The Bertz CT molecular complexity index is 1140. The van der Waals surface area contributed by atoms with E-state index in [9.17, 15) is 13.5 Å². The Kier molecular flexibility index (Phi) is 3.71. The summed E-state index contributed by atoms with van der Waals surface area (Å²) >= 11 is 0. The molecule has 6 heteroatoms. The quantitative estimate of drug-likeness (QED) is 0.608. The lowest BCUT2D eigenvalue weighted by atomic mass is 10.1. The lowest BCUT2D eigenvalue weighted by Crippen LogP contribution is -2.11. The van der Waals surface area contributed by atoms with Gasteiger partial charge in [0.1, 0.15) is 18.1 Å². The number of aliphatic hydroxyl groups excluding tert-OH is 1. The SMILES string of the molecule is O=S(=O)(c1ccccc1)n1cc(-c2ccc(CO)o2)c2ccccc21. The van der Waals surface area contributed by atoms with Crippen molar-refractivity contribution in [3.63, 3.8) is 0 Å². The summed E-state index contributed by atoms with van der Waals surface area (Å²) in [6.07, 6.45) is 1.56. The Hall–Kier alpha value is -2.83. The van der Waals surface area contributed by atoms with E-state index in [1.165, 1.54) is 3.97 Å². The van der Waals surface area contributed by atoms with Crippen molar-refractivity contribution in [1.29, 1.82) is 0 Å². The molecular formula is C19H15NO4S. The maximum atomic E-state index is 13.0. The van der Waals surface area contributed by atoms with Crippen molar-refractivity contribution in [3.8, 4) is 11.3 Å². The summed E-state index contributed by atoms with van der Waals surface area (Å²) in [5, 5.41) is 9.96. The molecule has 2 aromatic heterocycles. The first-order chi connectivity index (χ1) is 12.1. The third-order valence-electron chi connectivity index (χ3n) is 4.06. The van der Waals surface area contributed by atoms with E-state index in [-0.39, 0.29) is 11.5 Å². The molecular weight excluding hydrogens is 338 g/mol. The van der Waals surface area contributed by atoms with Crippen LogP contribution >= 0.6 is 0 Å². The summed E-state index contributed by atoms with van der Waals surface area (Å²) in [5.74, 6) is 0.944. The largest absolute Gasteiger partial charge is 0.459 e. The Balaban J connectivity index is 1.97. The molecule has 2 heterocycles. The molecule has 4 rings (SSSR count). The first-order valence-corrected chi connectivity index (χ1v) is 9.16. The molecule has 0 amide bonds. The van der Waals surface area contributed by atoms with Crippen LogP contribution in [0, 0.1) is 0 Å². The van der Waals surface area contributed by atoms with Gasteiger partial charge in [-0.15, -0.1) is 0 Å². The number of aliphatic hydroxyl groups is 1. The summed E-state index contributed by atoms with van der Waals surface area (Å²) < 4.78 is 33.0.